The molecule has 0 spiro atoms. The van der Waals surface area contributed by atoms with Gasteiger partial charge in [-0.25, -0.2) is 9.37 Å². The number of aromatic amines is 1. The van der Waals surface area contributed by atoms with Crippen molar-refractivity contribution < 1.29 is 9.13 Å². The minimum atomic E-state index is -0.824. The molecular weight excluding hydrogens is 424 g/mol. The van der Waals surface area contributed by atoms with Gasteiger partial charge in [0.1, 0.15) is 11.6 Å². The second-order valence-electron chi connectivity index (χ2n) is 7.52. The number of anilines is 1. The van der Waals surface area contributed by atoms with Gasteiger partial charge < -0.3 is 14.6 Å². The first-order valence-corrected chi connectivity index (χ1v) is 9.58. The van der Waals surface area contributed by atoms with E-state index in [0.717, 1.165) is 34.5 Å². The van der Waals surface area contributed by atoms with Crippen molar-refractivity contribution in [3.05, 3.63) is 65.4 Å². The first-order chi connectivity index (χ1) is 13.7. The van der Waals surface area contributed by atoms with Crippen LogP contribution in [0.4, 0.5) is 10.2 Å². The van der Waals surface area contributed by atoms with E-state index in [-0.39, 0.29) is 24.8 Å². The van der Waals surface area contributed by atoms with Crippen molar-refractivity contribution in [2.24, 2.45) is 0 Å². The Labute approximate surface area is 187 Å². The van der Waals surface area contributed by atoms with Gasteiger partial charge in [0.2, 0.25) is 6.86 Å². The van der Waals surface area contributed by atoms with Gasteiger partial charge in [-0.3, -0.25) is 0 Å². The number of alkyl halides is 1. The van der Waals surface area contributed by atoms with Crippen LogP contribution in [0.1, 0.15) is 23.7 Å². The van der Waals surface area contributed by atoms with Gasteiger partial charge in [0.15, 0.2) is 0 Å². The number of rotatable bonds is 4. The molecule has 0 saturated carbocycles. The van der Waals surface area contributed by atoms with Crippen molar-refractivity contribution in [1.29, 1.82) is 0 Å². The molecule has 0 fully saturated rings. The van der Waals surface area contributed by atoms with Crippen molar-refractivity contribution in [2.75, 3.05) is 18.8 Å². The molecule has 0 bridgehead atoms. The number of nitrogens with zero attached hydrogens (tertiary/aromatic N) is 2. The summed E-state index contributed by atoms with van der Waals surface area (Å²) in [4.78, 5) is 10.9. The number of benzene rings is 2. The van der Waals surface area contributed by atoms with Crippen LogP contribution in [0.15, 0.2) is 48.5 Å². The summed E-state index contributed by atoms with van der Waals surface area (Å²) in [7, 11) is 2.11. The van der Waals surface area contributed by atoms with Crippen LogP contribution in [-0.2, 0) is 12.8 Å². The maximum Gasteiger partial charge on any atom is 0.228 e. The van der Waals surface area contributed by atoms with Gasteiger partial charge in [-0.15, -0.1) is 24.8 Å². The molecule has 5 rings (SSSR count). The number of H-pyrrole nitrogens is 1. The van der Waals surface area contributed by atoms with Crippen LogP contribution >= 0.6 is 24.8 Å². The molecule has 0 aliphatic carbocycles. The highest BCUT2D eigenvalue weighted by molar-refractivity contribution is 6.11. The molecule has 4 aromatic rings. The highest BCUT2D eigenvalue weighted by Gasteiger charge is 2.29. The molecule has 4 nitrogen and oxygen atoms in total. The maximum absolute atomic E-state index is 12.5. The number of nitrogens with one attached hydrogen (secondary N) is 1. The molecule has 1 atom stereocenters. The molecule has 0 saturated heterocycles. The second kappa shape index (κ2) is 8.70. The van der Waals surface area contributed by atoms with E-state index in [1.807, 2.05) is 18.2 Å². The van der Waals surface area contributed by atoms with Gasteiger partial charge in [0.25, 0.3) is 0 Å². The standard InChI is InChI=1S/C23H22FN3O.2ClH/c1-14-10-18-21-17-8-3-4-9-19(17)25-22(21)20(26-23(18)27(14)2)12-15-6-5-7-16(11-15)28-13-24;;/h3-9,11,14,25H,10,12-13H2,1-2H3;2*1H. The minimum absolute atomic E-state index is 0. The summed E-state index contributed by atoms with van der Waals surface area (Å²) < 4.78 is 17.6. The van der Waals surface area contributed by atoms with Gasteiger partial charge in [-0.1, -0.05) is 30.3 Å². The Morgan fingerprint density at radius 3 is 2.77 bits per heavy atom. The molecular formula is C23H24Cl2FN3O. The number of hydrogen-bond acceptors (Lipinski definition) is 3. The van der Waals surface area contributed by atoms with E-state index < -0.39 is 6.86 Å². The van der Waals surface area contributed by atoms with Gasteiger partial charge in [0, 0.05) is 41.4 Å². The number of ether oxygens (including phenoxy) is 1. The van der Waals surface area contributed by atoms with Crippen LogP contribution < -0.4 is 9.64 Å². The average molecular weight is 448 g/mol. The Morgan fingerprint density at radius 2 is 1.97 bits per heavy atom. The number of fused-ring (bicyclic) bond motifs is 5. The smallest absolute Gasteiger partial charge is 0.228 e. The number of hydrogen-bond donors (Lipinski definition) is 1. The fourth-order valence-corrected chi connectivity index (χ4v) is 4.29. The lowest BCUT2D eigenvalue weighted by Crippen LogP contribution is -2.24. The summed E-state index contributed by atoms with van der Waals surface area (Å²) in [5, 5.41) is 2.53. The number of likely N-dealkylation sites (N-methyl/N-ethyl adjacent to an activating group) is 1. The topological polar surface area (TPSA) is 41.1 Å². The zero-order chi connectivity index (χ0) is 19.3. The van der Waals surface area contributed by atoms with E-state index in [0.29, 0.717) is 18.2 Å². The summed E-state index contributed by atoms with van der Waals surface area (Å²) in [6, 6.07) is 16.4. The summed E-state index contributed by atoms with van der Waals surface area (Å²) in [6.45, 7) is 1.41. The molecule has 30 heavy (non-hydrogen) atoms. The van der Waals surface area contributed by atoms with Crippen molar-refractivity contribution in [2.45, 2.75) is 25.8 Å². The van der Waals surface area contributed by atoms with Crippen molar-refractivity contribution >= 4 is 52.4 Å². The zero-order valence-corrected chi connectivity index (χ0v) is 18.4. The Morgan fingerprint density at radius 1 is 1.17 bits per heavy atom. The lowest BCUT2D eigenvalue weighted by molar-refractivity contribution is 0.191. The lowest BCUT2D eigenvalue weighted by Gasteiger charge is -2.18. The van der Waals surface area contributed by atoms with Gasteiger partial charge in [0.05, 0.1) is 11.2 Å². The Hall–Kier alpha value is -2.50. The maximum atomic E-state index is 12.5. The molecule has 3 heterocycles. The van der Waals surface area contributed by atoms with E-state index in [2.05, 4.69) is 48.1 Å². The number of pyridine rings is 1. The average Bonchev–Trinajstić information content (AvgIpc) is 3.21. The molecule has 1 aliphatic rings. The summed E-state index contributed by atoms with van der Waals surface area (Å²) >= 11 is 0. The Bertz CT molecular complexity index is 1190. The van der Waals surface area contributed by atoms with Crippen molar-refractivity contribution in [3.63, 3.8) is 0 Å². The monoisotopic (exact) mass is 447 g/mol. The zero-order valence-electron chi connectivity index (χ0n) is 16.8. The number of aromatic nitrogens is 2. The van der Waals surface area contributed by atoms with Crippen molar-refractivity contribution in [3.8, 4) is 5.75 Å². The summed E-state index contributed by atoms with van der Waals surface area (Å²) in [5.41, 5.74) is 5.60. The van der Waals surface area contributed by atoms with Crippen LogP contribution in [0.3, 0.4) is 0 Å². The van der Waals surface area contributed by atoms with Gasteiger partial charge in [-0.2, -0.15) is 0 Å². The van der Waals surface area contributed by atoms with Crippen LogP contribution in [0.5, 0.6) is 5.75 Å². The first-order valence-electron chi connectivity index (χ1n) is 9.58. The normalized spacial score (nSPS) is 15.0. The quantitative estimate of drug-likeness (QED) is 0.427. The van der Waals surface area contributed by atoms with E-state index in [4.69, 9.17) is 9.72 Å². The van der Waals surface area contributed by atoms with Crippen LogP contribution in [-0.4, -0.2) is 29.9 Å². The molecule has 2 aromatic carbocycles. The molecule has 7 heteroatoms. The first kappa shape index (κ1) is 22.2. The van der Waals surface area contributed by atoms with Crippen LogP contribution in [0.25, 0.3) is 21.8 Å². The molecule has 1 N–H and O–H groups in total. The predicted octanol–water partition coefficient (Wildman–Crippen LogP) is 5.84. The fraction of sp³-hybridized carbons (Fsp3) is 0.261. The van der Waals surface area contributed by atoms with Gasteiger partial charge >= 0.3 is 0 Å². The minimum Gasteiger partial charge on any atom is -0.463 e. The molecule has 0 amide bonds. The predicted molar refractivity (Wildman–Crippen MR) is 126 cm³/mol. The highest BCUT2D eigenvalue weighted by atomic mass is 35.5. The SMILES string of the molecule is CC1Cc2c(nc(Cc3cccc(OCF)c3)c3[nH]c4ccccc4c23)N1C.Cl.Cl. The molecule has 158 valence electrons. The summed E-state index contributed by atoms with van der Waals surface area (Å²) in [5.74, 6) is 1.61. The van der Waals surface area contributed by atoms with Gasteiger partial charge in [-0.05, 0) is 37.1 Å². The largest absolute Gasteiger partial charge is 0.463 e. The number of para-hydroxylation sites is 1. The third-order valence-electron chi connectivity index (χ3n) is 5.79. The summed E-state index contributed by atoms with van der Waals surface area (Å²) in [6.07, 6.45) is 1.65. The molecule has 0 radical (unpaired) electrons. The second-order valence-corrected chi connectivity index (χ2v) is 7.52. The molecule has 1 unspecified atom stereocenters. The van der Waals surface area contributed by atoms with Crippen LogP contribution in [0.2, 0.25) is 0 Å². The highest BCUT2D eigenvalue weighted by Crippen LogP contribution is 2.40. The van der Waals surface area contributed by atoms with Crippen molar-refractivity contribution in [1.82, 2.24) is 9.97 Å². The number of halogens is 3. The van der Waals surface area contributed by atoms with E-state index in [1.165, 1.54) is 16.3 Å². The Kier molecular flexibility index (Phi) is 6.44. The molecule has 1 aliphatic heterocycles. The van der Waals surface area contributed by atoms with E-state index in [9.17, 15) is 4.39 Å². The molecule has 2 aromatic heterocycles. The van der Waals surface area contributed by atoms with Crippen LogP contribution in [0, 0.1) is 0 Å². The fourth-order valence-electron chi connectivity index (χ4n) is 4.29. The third kappa shape index (κ3) is 3.57. The van der Waals surface area contributed by atoms with E-state index in [1.54, 1.807) is 6.07 Å². The van der Waals surface area contributed by atoms with E-state index >= 15 is 0 Å². The lowest BCUT2D eigenvalue weighted by atomic mass is 10.0. The Balaban J connectivity index is 0.00000128. The third-order valence-corrected chi connectivity index (χ3v) is 5.79.